The first-order chi connectivity index (χ1) is 8.45. The van der Waals surface area contributed by atoms with E-state index >= 15 is 0 Å². The number of carbonyl (C=O) groups is 2. The zero-order chi connectivity index (χ0) is 13.7. The van der Waals surface area contributed by atoms with Crippen LogP contribution in [0, 0.1) is 3.57 Å². The Morgan fingerprint density at radius 2 is 2.11 bits per heavy atom. The van der Waals surface area contributed by atoms with Crippen LogP contribution in [0.5, 0.6) is 0 Å². The lowest BCUT2D eigenvalue weighted by molar-refractivity contribution is -0.120. The maximum absolute atomic E-state index is 12.2. The van der Waals surface area contributed by atoms with Gasteiger partial charge in [-0.15, -0.1) is 0 Å². The van der Waals surface area contributed by atoms with E-state index in [1.807, 2.05) is 18.2 Å². The van der Waals surface area contributed by atoms with Gasteiger partial charge in [-0.1, -0.05) is 0 Å². The second-order valence-electron chi connectivity index (χ2n) is 3.77. The van der Waals surface area contributed by atoms with Gasteiger partial charge in [-0.05, 0) is 56.7 Å². The quantitative estimate of drug-likeness (QED) is 0.753. The molecule has 0 saturated heterocycles. The highest BCUT2D eigenvalue weighted by Crippen LogP contribution is 2.20. The number of halogens is 2. The zero-order valence-electron chi connectivity index (χ0n) is 10.2. The highest BCUT2D eigenvalue weighted by Gasteiger charge is 2.15. The van der Waals surface area contributed by atoms with Crippen LogP contribution >= 0.6 is 38.5 Å². The Morgan fingerprint density at radius 3 is 2.72 bits per heavy atom. The van der Waals surface area contributed by atoms with E-state index in [0.29, 0.717) is 18.5 Å². The van der Waals surface area contributed by atoms with E-state index in [1.54, 1.807) is 19.0 Å². The van der Waals surface area contributed by atoms with Crippen molar-refractivity contribution < 1.29 is 9.59 Å². The Hall–Kier alpha value is -0.630. The number of amides is 2. The summed E-state index contributed by atoms with van der Waals surface area (Å²) < 4.78 is 1.76. The van der Waals surface area contributed by atoms with Crippen LogP contribution in [0.2, 0.25) is 0 Å². The molecule has 1 aromatic carbocycles. The fraction of sp³-hybridized carbons (Fsp3) is 0.333. The average Bonchev–Trinajstić information content (AvgIpc) is 2.37. The number of nitrogens with zero attached hydrogens (tertiary/aromatic N) is 1. The molecule has 4 nitrogen and oxygen atoms in total. The van der Waals surface area contributed by atoms with Crippen LogP contribution in [0.1, 0.15) is 16.8 Å². The second-order valence-corrected chi connectivity index (χ2v) is 5.87. The Morgan fingerprint density at radius 1 is 1.44 bits per heavy atom. The van der Waals surface area contributed by atoms with Gasteiger partial charge >= 0.3 is 0 Å². The standard InChI is InChI=1S/C12H14BrIN2O2/c1-15-11(17)5-6-16(2)12(18)9-7-8(14)3-4-10(9)13/h3-4,7H,5-6H2,1-2H3,(H,15,17). The Kier molecular flexibility index (Phi) is 6.07. The lowest BCUT2D eigenvalue weighted by atomic mass is 10.2. The van der Waals surface area contributed by atoms with Crippen molar-refractivity contribution >= 4 is 50.3 Å². The predicted molar refractivity (Wildman–Crippen MR) is 82.5 cm³/mol. The van der Waals surface area contributed by atoms with Crippen molar-refractivity contribution in [3.05, 3.63) is 31.8 Å². The second kappa shape index (κ2) is 7.08. The summed E-state index contributed by atoms with van der Waals surface area (Å²) in [5, 5.41) is 2.53. The highest BCUT2D eigenvalue weighted by molar-refractivity contribution is 14.1. The lowest BCUT2D eigenvalue weighted by Gasteiger charge is -2.17. The van der Waals surface area contributed by atoms with Gasteiger partial charge in [-0.2, -0.15) is 0 Å². The van der Waals surface area contributed by atoms with E-state index in [4.69, 9.17) is 0 Å². The maximum Gasteiger partial charge on any atom is 0.254 e. The van der Waals surface area contributed by atoms with E-state index in [9.17, 15) is 9.59 Å². The summed E-state index contributed by atoms with van der Waals surface area (Å²) in [7, 11) is 3.28. The van der Waals surface area contributed by atoms with Gasteiger partial charge in [-0.25, -0.2) is 0 Å². The number of hydrogen-bond donors (Lipinski definition) is 1. The van der Waals surface area contributed by atoms with Gasteiger partial charge in [0.25, 0.3) is 5.91 Å². The SMILES string of the molecule is CNC(=O)CCN(C)C(=O)c1cc(I)ccc1Br. The van der Waals surface area contributed by atoms with E-state index < -0.39 is 0 Å². The molecule has 0 bridgehead atoms. The molecule has 2 amide bonds. The fourth-order valence-electron chi connectivity index (χ4n) is 1.36. The topological polar surface area (TPSA) is 49.4 Å². The third kappa shape index (κ3) is 4.24. The molecule has 6 heteroatoms. The molecule has 0 aromatic heterocycles. The van der Waals surface area contributed by atoms with Gasteiger partial charge in [0.05, 0.1) is 5.56 Å². The summed E-state index contributed by atoms with van der Waals surface area (Å²) in [6.45, 7) is 0.399. The molecule has 18 heavy (non-hydrogen) atoms. The summed E-state index contributed by atoms with van der Waals surface area (Å²) in [5.41, 5.74) is 0.612. The molecule has 1 N–H and O–H groups in total. The Bertz CT molecular complexity index is 465. The highest BCUT2D eigenvalue weighted by atomic mass is 127. The molecular weight excluding hydrogens is 411 g/mol. The first kappa shape index (κ1) is 15.4. The van der Waals surface area contributed by atoms with E-state index in [0.717, 1.165) is 8.04 Å². The van der Waals surface area contributed by atoms with Crippen LogP contribution in [0.15, 0.2) is 22.7 Å². The molecule has 0 heterocycles. The van der Waals surface area contributed by atoms with Crippen LogP contribution < -0.4 is 5.32 Å². The Balaban J connectivity index is 2.74. The summed E-state index contributed by atoms with van der Waals surface area (Å²) in [4.78, 5) is 24.9. The fourth-order valence-corrected chi connectivity index (χ4v) is 2.27. The molecule has 98 valence electrons. The van der Waals surface area contributed by atoms with Crippen LogP contribution in [0.3, 0.4) is 0 Å². The van der Waals surface area contributed by atoms with Gasteiger partial charge in [0.2, 0.25) is 5.91 Å². The van der Waals surface area contributed by atoms with Gasteiger partial charge in [-0.3, -0.25) is 9.59 Å². The first-order valence-corrected chi connectivity index (χ1v) is 7.24. The lowest BCUT2D eigenvalue weighted by Crippen LogP contribution is -2.31. The molecule has 0 saturated carbocycles. The number of hydrogen-bond acceptors (Lipinski definition) is 2. The molecule has 1 aromatic rings. The van der Waals surface area contributed by atoms with E-state index in [2.05, 4.69) is 43.8 Å². The van der Waals surface area contributed by atoms with Crippen molar-refractivity contribution in [1.82, 2.24) is 10.2 Å². The molecular formula is C12H14BrIN2O2. The van der Waals surface area contributed by atoms with Crippen LogP contribution in [0.4, 0.5) is 0 Å². The summed E-state index contributed by atoms with van der Waals surface area (Å²) in [5.74, 6) is -0.166. The number of rotatable bonds is 4. The van der Waals surface area contributed by atoms with Crippen molar-refractivity contribution in [2.24, 2.45) is 0 Å². The van der Waals surface area contributed by atoms with Gasteiger partial charge in [0, 0.05) is 35.1 Å². The molecule has 1 rings (SSSR count). The molecule has 0 aliphatic carbocycles. The molecule has 0 fully saturated rings. The van der Waals surface area contributed by atoms with Gasteiger partial charge in [0.15, 0.2) is 0 Å². The average molecular weight is 425 g/mol. The third-order valence-electron chi connectivity index (χ3n) is 2.46. The van der Waals surface area contributed by atoms with Crippen LogP contribution in [0.25, 0.3) is 0 Å². The van der Waals surface area contributed by atoms with Gasteiger partial charge < -0.3 is 10.2 Å². The molecule has 0 atom stereocenters. The van der Waals surface area contributed by atoms with Gasteiger partial charge in [0.1, 0.15) is 0 Å². The summed E-state index contributed by atoms with van der Waals surface area (Å²) >= 11 is 5.52. The zero-order valence-corrected chi connectivity index (χ0v) is 13.9. The number of nitrogens with one attached hydrogen (secondary N) is 1. The minimum absolute atomic E-state index is 0.0728. The molecule has 0 unspecified atom stereocenters. The molecule has 0 aliphatic heterocycles. The van der Waals surface area contributed by atoms with Crippen molar-refractivity contribution in [3.8, 4) is 0 Å². The van der Waals surface area contributed by atoms with Crippen molar-refractivity contribution in [1.29, 1.82) is 0 Å². The summed E-state index contributed by atoms with van der Waals surface area (Å²) in [6, 6.07) is 5.59. The smallest absolute Gasteiger partial charge is 0.254 e. The number of benzene rings is 1. The summed E-state index contributed by atoms with van der Waals surface area (Å²) in [6.07, 6.45) is 0.306. The van der Waals surface area contributed by atoms with Crippen LogP contribution in [-0.2, 0) is 4.79 Å². The van der Waals surface area contributed by atoms with Crippen molar-refractivity contribution in [2.45, 2.75) is 6.42 Å². The largest absolute Gasteiger partial charge is 0.359 e. The minimum atomic E-state index is -0.0932. The predicted octanol–water partition coefficient (Wildman–Crippen LogP) is 2.26. The van der Waals surface area contributed by atoms with E-state index in [1.165, 1.54) is 0 Å². The molecule has 0 spiro atoms. The molecule has 0 radical (unpaired) electrons. The van der Waals surface area contributed by atoms with Crippen LogP contribution in [-0.4, -0.2) is 37.4 Å². The number of carbonyl (C=O) groups excluding carboxylic acids is 2. The van der Waals surface area contributed by atoms with E-state index in [-0.39, 0.29) is 11.8 Å². The normalized spacial score (nSPS) is 10.0. The first-order valence-electron chi connectivity index (χ1n) is 5.36. The van der Waals surface area contributed by atoms with Crippen molar-refractivity contribution in [3.63, 3.8) is 0 Å². The van der Waals surface area contributed by atoms with Crippen molar-refractivity contribution in [2.75, 3.05) is 20.6 Å². The third-order valence-corrected chi connectivity index (χ3v) is 3.82. The minimum Gasteiger partial charge on any atom is -0.359 e. The monoisotopic (exact) mass is 424 g/mol. The maximum atomic E-state index is 12.2. The molecule has 0 aliphatic rings. The Labute approximate surface area is 128 Å².